The number of hydrogen-bond acceptors (Lipinski definition) is 4. The Labute approximate surface area is 183 Å². The van der Waals surface area contributed by atoms with Crippen LogP contribution in [-0.2, 0) is 10.0 Å². The van der Waals surface area contributed by atoms with E-state index in [-0.39, 0.29) is 10.5 Å². The van der Waals surface area contributed by atoms with Crippen molar-refractivity contribution < 1.29 is 18.3 Å². The molecular weight excluding hydrogens is 438 g/mol. The van der Waals surface area contributed by atoms with Crippen molar-refractivity contribution in [1.29, 1.82) is 0 Å². The molecule has 0 bridgehead atoms. The van der Waals surface area contributed by atoms with Crippen molar-refractivity contribution in [3.05, 3.63) is 89.4 Å². The minimum atomic E-state index is -3.81. The van der Waals surface area contributed by atoms with Gasteiger partial charge in [0.15, 0.2) is 0 Å². The first-order valence-electron chi connectivity index (χ1n) is 9.05. The second-order valence-electron chi connectivity index (χ2n) is 6.75. The third kappa shape index (κ3) is 4.36. The lowest BCUT2D eigenvalue weighted by atomic mass is 10.1. The van der Waals surface area contributed by atoms with E-state index in [0.29, 0.717) is 16.4 Å². The van der Waals surface area contributed by atoms with Gasteiger partial charge in [-0.3, -0.25) is 0 Å². The van der Waals surface area contributed by atoms with Gasteiger partial charge in [-0.15, -0.1) is 0 Å². The molecule has 3 N–H and O–H groups in total. The Morgan fingerprint density at radius 2 is 1.48 bits per heavy atom. The van der Waals surface area contributed by atoms with Gasteiger partial charge in [0.2, 0.25) is 10.0 Å². The maximum Gasteiger partial charge on any atom is 0.335 e. The predicted octanol–water partition coefficient (Wildman–Crippen LogP) is 4.21. The second-order valence-corrected chi connectivity index (χ2v) is 8.75. The molecule has 0 unspecified atom stereocenters. The molecule has 0 saturated carbocycles. The maximum absolute atomic E-state index is 11.6. The Hall–Kier alpha value is -3.46. The highest BCUT2D eigenvalue weighted by Crippen LogP contribution is 2.30. The lowest BCUT2D eigenvalue weighted by Crippen LogP contribution is -2.12. The summed E-state index contributed by atoms with van der Waals surface area (Å²) < 4.78 is 24.8. The quantitative estimate of drug-likeness (QED) is 0.469. The molecule has 9 heteroatoms. The van der Waals surface area contributed by atoms with E-state index in [0.717, 1.165) is 16.8 Å². The number of aromatic carboxylic acids is 1. The first-order chi connectivity index (χ1) is 14.7. The standard InChI is InChI=1S/C22H16ClN3O4S/c23-17-7-5-15(6-8-17)21-13-20(14-1-3-16(4-2-14)22(27)28)25-26(21)18-9-11-19(12-10-18)31(24,29)30/h1-13H,(H,27,28)(H2,24,29,30). The average molecular weight is 454 g/mol. The number of halogens is 1. The lowest BCUT2D eigenvalue weighted by Gasteiger charge is -2.08. The zero-order valence-electron chi connectivity index (χ0n) is 15.9. The molecule has 4 rings (SSSR count). The van der Waals surface area contributed by atoms with Crippen LogP contribution in [0, 0.1) is 0 Å². The maximum atomic E-state index is 11.6. The first-order valence-corrected chi connectivity index (χ1v) is 11.0. The zero-order chi connectivity index (χ0) is 22.2. The van der Waals surface area contributed by atoms with Crippen LogP contribution < -0.4 is 5.14 Å². The highest BCUT2D eigenvalue weighted by molar-refractivity contribution is 7.89. The van der Waals surface area contributed by atoms with Crippen LogP contribution in [0.25, 0.3) is 28.2 Å². The Morgan fingerprint density at radius 3 is 2.03 bits per heavy atom. The number of rotatable bonds is 5. The fourth-order valence-corrected chi connectivity index (χ4v) is 3.75. The number of carboxylic acids is 1. The number of nitrogens with two attached hydrogens (primary N) is 1. The van der Waals surface area contributed by atoms with Crippen molar-refractivity contribution in [2.75, 3.05) is 0 Å². The fourth-order valence-electron chi connectivity index (χ4n) is 3.11. The summed E-state index contributed by atoms with van der Waals surface area (Å²) in [5, 5.41) is 19.6. The summed E-state index contributed by atoms with van der Waals surface area (Å²) >= 11 is 6.02. The summed E-state index contributed by atoms with van der Waals surface area (Å²) in [6, 6.07) is 21.6. The number of carbonyl (C=O) groups is 1. The molecule has 0 amide bonds. The molecule has 0 fully saturated rings. The number of aromatic nitrogens is 2. The largest absolute Gasteiger partial charge is 0.478 e. The third-order valence-corrected chi connectivity index (χ3v) is 5.87. The van der Waals surface area contributed by atoms with Crippen molar-refractivity contribution in [2.45, 2.75) is 4.90 Å². The Bertz CT molecular complexity index is 1360. The lowest BCUT2D eigenvalue weighted by molar-refractivity contribution is 0.0697. The fraction of sp³-hybridized carbons (Fsp3) is 0. The molecule has 0 aliphatic carbocycles. The van der Waals surface area contributed by atoms with E-state index in [1.165, 1.54) is 24.3 Å². The summed E-state index contributed by atoms with van der Waals surface area (Å²) in [5.74, 6) is -1.01. The van der Waals surface area contributed by atoms with Crippen molar-refractivity contribution in [3.8, 4) is 28.2 Å². The van der Waals surface area contributed by atoms with Gasteiger partial charge in [-0.2, -0.15) is 5.10 Å². The van der Waals surface area contributed by atoms with E-state index < -0.39 is 16.0 Å². The van der Waals surface area contributed by atoms with Gasteiger partial charge in [-0.05, 0) is 54.6 Å². The normalized spacial score (nSPS) is 11.4. The summed E-state index contributed by atoms with van der Waals surface area (Å²) in [5.41, 5.74) is 3.76. The highest BCUT2D eigenvalue weighted by atomic mass is 35.5. The second kappa shape index (κ2) is 7.99. The highest BCUT2D eigenvalue weighted by Gasteiger charge is 2.15. The molecule has 3 aromatic carbocycles. The summed E-state index contributed by atoms with van der Waals surface area (Å²) in [4.78, 5) is 11.1. The van der Waals surface area contributed by atoms with Gasteiger partial charge in [0.05, 0.1) is 27.5 Å². The van der Waals surface area contributed by atoms with Crippen LogP contribution in [0.1, 0.15) is 10.4 Å². The van der Waals surface area contributed by atoms with Gasteiger partial charge in [-0.1, -0.05) is 35.9 Å². The monoisotopic (exact) mass is 453 g/mol. The average Bonchev–Trinajstić information content (AvgIpc) is 3.19. The van der Waals surface area contributed by atoms with Crippen LogP contribution in [0.4, 0.5) is 0 Å². The van der Waals surface area contributed by atoms with Crippen molar-refractivity contribution in [2.24, 2.45) is 5.14 Å². The van der Waals surface area contributed by atoms with Crippen molar-refractivity contribution >= 4 is 27.6 Å². The summed E-state index contributed by atoms with van der Waals surface area (Å²) in [7, 11) is -3.81. The molecule has 0 aliphatic rings. The van der Waals surface area contributed by atoms with E-state index >= 15 is 0 Å². The molecule has 1 heterocycles. The van der Waals surface area contributed by atoms with Gasteiger partial charge in [0, 0.05) is 16.1 Å². The minimum Gasteiger partial charge on any atom is -0.478 e. The summed E-state index contributed by atoms with van der Waals surface area (Å²) in [6.07, 6.45) is 0. The molecule has 0 radical (unpaired) electrons. The molecule has 7 nitrogen and oxygen atoms in total. The van der Waals surface area contributed by atoms with E-state index in [1.807, 2.05) is 18.2 Å². The third-order valence-electron chi connectivity index (χ3n) is 4.69. The number of primary sulfonamides is 1. The topological polar surface area (TPSA) is 115 Å². The van der Waals surface area contributed by atoms with E-state index in [2.05, 4.69) is 5.10 Å². The number of hydrogen-bond donors (Lipinski definition) is 2. The van der Waals surface area contributed by atoms with Crippen LogP contribution in [-0.4, -0.2) is 29.3 Å². The van der Waals surface area contributed by atoms with Gasteiger partial charge in [0.25, 0.3) is 0 Å². The molecule has 156 valence electrons. The zero-order valence-corrected chi connectivity index (χ0v) is 17.5. The Balaban J connectivity index is 1.84. The van der Waals surface area contributed by atoms with E-state index in [9.17, 15) is 13.2 Å². The molecule has 1 aromatic heterocycles. The van der Waals surface area contributed by atoms with Crippen LogP contribution in [0.3, 0.4) is 0 Å². The summed E-state index contributed by atoms with van der Waals surface area (Å²) in [6.45, 7) is 0. The van der Waals surface area contributed by atoms with Crippen LogP contribution in [0.2, 0.25) is 5.02 Å². The number of sulfonamides is 1. The molecule has 31 heavy (non-hydrogen) atoms. The van der Waals surface area contributed by atoms with Crippen LogP contribution >= 0.6 is 11.6 Å². The molecular formula is C22H16ClN3O4S. The smallest absolute Gasteiger partial charge is 0.335 e. The molecule has 0 aliphatic heterocycles. The number of carboxylic acid groups (broad SMARTS) is 1. The number of benzene rings is 3. The van der Waals surface area contributed by atoms with Crippen LogP contribution in [0.15, 0.2) is 83.8 Å². The first kappa shape index (κ1) is 20.8. The minimum absolute atomic E-state index is 0.000863. The van der Waals surface area contributed by atoms with E-state index in [4.69, 9.17) is 21.8 Å². The van der Waals surface area contributed by atoms with E-state index in [1.54, 1.807) is 41.1 Å². The molecule has 0 saturated heterocycles. The van der Waals surface area contributed by atoms with Gasteiger partial charge >= 0.3 is 5.97 Å². The van der Waals surface area contributed by atoms with Gasteiger partial charge in [-0.25, -0.2) is 23.0 Å². The Morgan fingerprint density at radius 1 is 0.903 bits per heavy atom. The van der Waals surface area contributed by atoms with Gasteiger partial charge in [0.1, 0.15) is 0 Å². The van der Waals surface area contributed by atoms with Gasteiger partial charge < -0.3 is 5.11 Å². The number of nitrogens with zero attached hydrogens (tertiary/aromatic N) is 2. The van der Waals surface area contributed by atoms with Crippen LogP contribution in [0.5, 0.6) is 0 Å². The van der Waals surface area contributed by atoms with Crippen molar-refractivity contribution in [3.63, 3.8) is 0 Å². The Kier molecular flexibility index (Phi) is 5.36. The molecule has 0 spiro atoms. The SMILES string of the molecule is NS(=O)(=O)c1ccc(-n2nc(-c3ccc(C(=O)O)cc3)cc2-c2ccc(Cl)cc2)cc1. The van der Waals surface area contributed by atoms with Crippen molar-refractivity contribution in [1.82, 2.24) is 9.78 Å². The molecule has 0 atom stereocenters. The molecule has 4 aromatic rings. The predicted molar refractivity (Wildman–Crippen MR) is 118 cm³/mol.